The number of nitrogens with zero attached hydrogens (tertiary/aromatic N) is 4. The minimum atomic E-state index is -0.919. The molecule has 0 saturated heterocycles. The van der Waals surface area contributed by atoms with Gasteiger partial charge in [-0.2, -0.15) is 5.10 Å². The Kier molecular flexibility index (Phi) is 5.48. The third-order valence-corrected chi connectivity index (χ3v) is 6.46. The molecule has 38 heavy (non-hydrogen) atoms. The lowest BCUT2D eigenvalue weighted by Crippen LogP contribution is -2.31. The van der Waals surface area contributed by atoms with Crippen LogP contribution in [0.3, 0.4) is 0 Å². The van der Waals surface area contributed by atoms with Crippen LogP contribution in [-0.2, 0) is 0 Å². The van der Waals surface area contributed by atoms with Crippen molar-refractivity contribution in [3.8, 4) is 11.4 Å². The molecule has 0 fully saturated rings. The second-order valence-electron chi connectivity index (χ2n) is 9.03. The maximum Gasteiger partial charge on any atom is 0.267 e. The highest BCUT2D eigenvalue weighted by molar-refractivity contribution is 6.34. The summed E-state index contributed by atoms with van der Waals surface area (Å²) in [5, 5.41) is 4.44. The molecular weight excluding hydrogens is 490 g/mol. The molecule has 1 unspecified atom stereocenters. The van der Waals surface area contributed by atoms with E-state index >= 15 is 0 Å². The Morgan fingerprint density at radius 2 is 1.66 bits per heavy atom. The fourth-order valence-corrected chi connectivity index (χ4v) is 4.68. The molecule has 2 amide bonds. The van der Waals surface area contributed by atoms with E-state index in [-0.39, 0.29) is 33.6 Å². The first-order valence-electron chi connectivity index (χ1n) is 11.9. The van der Waals surface area contributed by atoms with Crippen LogP contribution in [0.1, 0.15) is 44.9 Å². The van der Waals surface area contributed by atoms with Gasteiger partial charge in [-0.05, 0) is 50.2 Å². The summed E-state index contributed by atoms with van der Waals surface area (Å²) < 4.78 is 36.8. The topological polar surface area (TPSA) is 77.3 Å². The van der Waals surface area contributed by atoms with Gasteiger partial charge in [0.05, 0.1) is 16.8 Å². The average Bonchev–Trinajstić information content (AvgIpc) is 3.51. The lowest BCUT2D eigenvalue weighted by Gasteiger charge is -2.23. The number of halogens is 2. The first-order chi connectivity index (χ1) is 18.3. The predicted octanol–water partition coefficient (Wildman–Crippen LogP) is 5.95. The van der Waals surface area contributed by atoms with Crippen LogP contribution in [0.2, 0.25) is 0 Å². The van der Waals surface area contributed by atoms with Gasteiger partial charge >= 0.3 is 0 Å². The van der Waals surface area contributed by atoms with Gasteiger partial charge in [-0.15, -0.1) is 0 Å². The van der Waals surface area contributed by atoms with Crippen molar-refractivity contribution in [1.29, 1.82) is 0 Å². The molecule has 5 aromatic rings. The van der Waals surface area contributed by atoms with Crippen molar-refractivity contribution >= 4 is 28.5 Å². The maximum atomic E-state index is 14.7. The Hall–Kier alpha value is -4.92. The molecule has 2 aromatic heterocycles. The first kappa shape index (κ1) is 23.5. The highest BCUT2D eigenvalue weighted by Gasteiger charge is 2.39. The Balaban J connectivity index is 1.50. The molecule has 1 aliphatic heterocycles. The largest absolute Gasteiger partial charge is 0.482 e. The minimum absolute atomic E-state index is 0.0254. The van der Waals surface area contributed by atoms with Crippen molar-refractivity contribution in [3.63, 3.8) is 0 Å². The van der Waals surface area contributed by atoms with Crippen LogP contribution in [0.4, 0.5) is 14.6 Å². The number of aromatic nitrogens is 3. The lowest BCUT2D eigenvalue weighted by atomic mass is 10.0. The van der Waals surface area contributed by atoms with Crippen LogP contribution in [0.5, 0.6) is 5.75 Å². The number of imide groups is 1. The monoisotopic (exact) mass is 510 g/mol. The molecule has 6 rings (SSSR count). The highest BCUT2D eigenvalue weighted by Crippen LogP contribution is 2.39. The molecule has 0 bridgehead atoms. The van der Waals surface area contributed by atoms with E-state index in [1.807, 2.05) is 25.1 Å². The Bertz CT molecular complexity index is 1720. The van der Waals surface area contributed by atoms with Crippen molar-refractivity contribution in [2.24, 2.45) is 0 Å². The summed E-state index contributed by atoms with van der Waals surface area (Å²) in [7, 11) is 0. The molecule has 1 atom stereocenters. The summed E-state index contributed by atoms with van der Waals surface area (Å²) in [4.78, 5) is 31.8. The molecule has 1 aliphatic rings. The van der Waals surface area contributed by atoms with Crippen LogP contribution in [-0.4, -0.2) is 26.6 Å². The van der Waals surface area contributed by atoms with Crippen molar-refractivity contribution in [2.75, 3.05) is 4.90 Å². The zero-order valence-electron chi connectivity index (χ0n) is 20.4. The third-order valence-electron chi connectivity index (χ3n) is 6.46. The summed E-state index contributed by atoms with van der Waals surface area (Å²) in [6.45, 7) is 3.74. The summed E-state index contributed by atoms with van der Waals surface area (Å²) >= 11 is 0. The SMILES string of the molecule is Cc1ccc(-n2cccn2)c(C(C)Oc2cc3cc(F)cc(F)c3nc2N2C(=O)c3ccccc3C2=O)c1. The Morgan fingerprint density at radius 1 is 0.921 bits per heavy atom. The minimum Gasteiger partial charge on any atom is -0.482 e. The van der Waals surface area contributed by atoms with Crippen LogP contribution >= 0.6 is 0 Å². The van der Waals surface area contributed by atoms with E-state index in [9.17, 15) is 18.4 Å². The second kappa shape index (κ2) is 8.88. The summed E-state index contributed by atoms with van der Waals surface area (Å²) in [6.07, 6.45) is 2.83. The predicted molar refractivity (Wildman–Crippen MR) is 137 cm³/mol. The molecule has 9 heteroatoms. The molecule has 3 aromatic carbocycles. The van der Waals surface area contributed by atoms with Gasteiger partial charge in [0.2, 0.25) is 0 Å². The zero-order valence-corrected chi connectivity index (χ0v) is 20.4. The van der Waals surface area contributed by atoms with Crippen LogP contribution in [0, 0.1) is 18.6 Å². The van der Waals surface area contributed by atoms with E-state index in [1.54, 1.807) is 54.3 Å². The van der Waals surface area contributed by atoms with Crippen molar-refractivity contribution in [1.82, 2.24) is 14.8 Å². The smallest absolute Gasteiger partial charge is 0.267 e. The fraction of sp³-hybridized carbons (Fsp3) is 0.103. The number of carbonyl (C=O) groups excluding carboxylic acids is 2. The second-order valence-corrected chi connectivity index (χ2v) is 9.03. The zero-order chi connectivity index (χ0) is 26.6. The van der Waals surface area contributed by atoms with Gasteiger partial charge < -0.3 is 4.74 Å². The summed E-state index contributed by atoms with van der Waals surface area (Å²) in [5.41, 5.74) is 2.74. The van der Waals surface area contributed by atoms with Gasteiger partial charge in [0.1, 0.15) is 17.4 Å². The number of amides is 2. The number of carbonyl (C=O) groups is 2. The number of hydrogen-bond acceptors (Lipinski definition) is 5. The lowest BCUT2D eigenvalue weighted by molar-refractivity contribution is 0.0922. The fourth-order valence-electron chi connectivity index (χ4n) is 4.68. The Labute approximate surface area is 215 Å². The van der Waals surface area contributed by atoms with E-state index in [1.165, 1.54) is 6.07 Å². The first-order valence-corrected chi connectivity index (χ1v) is 11.9. The van der Waals surface area contributed by atoms with E-state index < -0.39 is 29.6 Å². The van der Waals surface area contributed by atoms with Crippen LogP contribution < -0.4 is 9.64 Å². The van der Waals surface area contributed by atoms with Crippen molar-refractivity contribution in [3.05, 3.63) is 113 Å². The number of fused-ring (bicyclic) bond motifs is 2. The van der Waals surface area contributed by atoms with Gasteiger partial charge in [0.25, 0.3) is 11.8 Å². The van der Waals surface area contributed by atoms with E-state index in [0.29, 0.717) is 6.07 Å². The number of anilines is 1. The molecule has 0 aliphatic carbocycles. The van der Waals surface area contributed by atoms with Crippen LogP contribution in [0.25, 0.3) is 16.6 Å². The maximum absolute atomic E-state index is 14.7. The third kappa shape index (κ3) is 3.80. The highest BCUT2D eigenvalue weighted by atomic mass is 19.1. The van der Waals surface area contributed by atoms with E-state index in [4.69, 9.17) is 4.74 Å². The van der Waals surface area contributed by atoms with Crippen molar-refractivity contribution in [2.45, 2.75) is 20.0 Å². The van der Waals surface area contributed by atoms with Crippen molar-refractivity contribution < 1.29 is 23.1 Å². The number of benzene rings is 3. The van der Waals surface area contributed by atoms with Gasteiger partial charge in [-0.1, -0.05) is 29.8 Å². The average molecular weight is 511 g/mol. The molecule has 0 saturated carbocycles. The quantitative estimate of drug-likeness (QED) is 0.273. The summed E-state index contributed by atoms with van der Waals surface area (Å²) in [6, 6.07) is 17.2. The molecule has 0 N–H and O–H groups in total. The van der Waals surface area contributed by atoms with Crippen LogP contribution in [0.15, 0.2) is 79.1 Å². The van der Waals surface area contributed by atoms with E-state index in [2.05, 4.69) is 10.1 Å². The number of rotatable bonds is 5. The molecule has 7 nitrogen and oxygen atoms in total. The number of ether oxygens (including phenoxy) is 1. The summed E-state index contributed by atoms with van der Waals surface area (Å²) in [5.74, 6) is -3.07. The van der Waals surface area contributed by atoms with Gasteiger partial charge in [0, 0.05) is 29.4 Å². The molecule has 3 heterocycles. The van der Waals surface area contributed by atoms with Gasteiger partial charge in [-0.3, -0.25) is 9.59 Å². The number of hydrogen-bond donors (Lipinski definition) is 0. The molecular formula is C29H20F2N4O3. The van der Waals surface area contributed by atoms with Gasteiger partial charge in [0.15, 0.2) is 17.4 Å². The normalized spacial score (nSPS) is 13.7. The Morgan fingerprint density at radius 3 is 2.34 bits per heavy atom. The standard InChI is InChI=1S/C29H20F2N4O3/c1-16-8-9-24(34-11-5-10-32-34)22(12-16)17(2)38-25-14-18-13-19(30)15-23(31)26(18)33-27(25)35-28(36)20-6-3-4-7-21(20)29(35)37/h3-15,17H,1-2H3. The molecule has 0 radical (unpaired) electrons. The molecule has 0 spiro atoms. The van der Waals surface area contributed by atoms with Gasteiger partial charge in [-0.25, -0.2) is 23.3 Å². The van der Waals surface area contributed by atoms with E-state index in [0.717, 1.165) is 27.8 Å². The molecule has 188 valence electrons. The number of aryl methyl sites for hydroxylation is 1. The number of pyridine rings is 1.